The van der Waals surface area contributed by atoms with Crippen molar-refractivity contribution in [2.24, 2.45) is 0 Å². The van der Waals surface area contributed by atoms with E-state index < -0.39 is 11.7 Å². The molecule has 0 aliphatic heterocycles. The van der Waals surface area contributed by atoms with Gasteiger partial charge in [0.25, 0.3) is 0 Å². The Kier molecular flexibility index (Phi) is 6.50. The number of rotatable bonds is 7. The summed E-state index contributed by atoms with van der Waals surface area (Å²) in [6, 6.07) is 6.03. The molecule has 1 heterocycles. The van der Waals surface area contributed by atoms with Crippen LogP contribution in [0, 0.1) is 0 Å². The molecule has 0 unspecified atom stereocenters. The van der Waals surface area contributed by atoms with E-state index in [1.165, 1.54) is 0 Å². The van der Waals surface area contributed by atoms with Crippen molar-refractivity contribution in [3.8, 4) is 17.4 Å². The summed E-state index contributed by atoms with van der Waals surface area (Å²) in [7, 11) is 1.57. The van der Waals surface area contributed by atoms with Gasteiger partial charge in [-0.2, -0.15) is 13.2 Å². The molecule has 0 amide bonds. The number of benzene rings is 1. The molecule has 1 aromatic carbocycles. The van der Waals surface area contributed by atoms with Crippen molar-refractivity contribution in [1.82, 2.24) is 4.98 Å². The number of pyridine rings is 1. The molecule has 0 saturated heterocycles. The van der Waals surface area contributed by atoms with E-state index in [0.29, 0.717) is 37.3 Å². The van der Waals surface area contributed by atoms with E-state index in [1.807, 2.05) is 13.0 Å². The molecule has 0 radical (unpaired) electrons. The highest BCUT2D eigenvalue weighted by molar-refractivity contribution is 6.31. The maximum atomic E-state index is 12.7. The van der Waals surface area contributed by atoms with Crippen molar-refractivity contribution in [2.45, 2.75) is 19.5 Å². The topological polar surface area (TPSA) is 40.6 Å². The fourth-order valence-corrected chi connectivity index (χ4v) is 2.22. The number of halogens is 4. The van der Waals surface area contributed by atoms with Gasteiger partial charge in [0.1, 0.15) is 23.1 Å². The summed E-state index contributed by atoms with van der Waals surface area (Å²) >= 11 is 5.89. The lowest BCUT2D eigenvalue weighted by Gasteiger charge is -2.14. The number of methoxy groups -OCH3 is 1. The zero-order valence-corrected chi connectivity index (χ0v) is 14.4. The van der Waals surface area contributed by atoms with Gasteiger partial charge in [0.2, 0.25) is 5.88 Å². The molecule has 0 fully saturated rings. The highest BCUT2D eigenvalue weighted by atomic mass is 35.5. The Morgan fingerprint density at radius 1 is 1.16 bits per heavy atom. The second kappa shape index (κ2) is 8.40. The number of ether oxygens (including phenoxy) is 3. The third-order valence-corrected chi connectivity index (χ3v) is 3.59. The van der Waals surface area contributed by atoms with Crippen LogP contribution in [0.1, 0.15) is 18.1 Å². The zero-order valence-electron chi connectivity index (χ0n) is 13.7. The Morgan fingerprint density at radius 3 is 2.52 bits per heavy atom. The minimum Gasteiger partial charge on any atom is -0.491 e. The van der Waals surface area contributed by atoms with E-state index in [9.17, 15) is 13.2 Å². The minimum absolute atomic E-state index is 0.0987. The lowest BCUT2D eigenvalue weighted by molar-refractivity contribution is -0.137. The Morgan fingerprint density at radius 2 is 1.92 bits per heavy atom. The molecular weight excluding hydrogens is 359 g/mol. The van der Waals surface area contributed by atoms with Crippen LogP contribution in [-0.4, -0.2) is 25.3 Å². The van der Waals surface area contributed by atoms with Gasteiger partial charge in [-0.3, -0.25) is 0 Å². The fraction of sp³-hybridized carbons (Fsp3) is 0.353. The molecule has 0 spiro atoms. The molecular formula is C17H17ClF3NO3. The van der Waals surface area contributed by atoms with Crippen LogP contribution < -0.4 is 9.47 Å². The largest absolute Gasteiger partial charge is 0.491 e. The molecule has 0 bridgehead atoms. The quantitative estimate of drug-likeness (QED) is 0.629. The minimum atomic E-state index is -4.52. The Labute approximate surface area is 148 Å². The smallest absolute Gasteiger partial charge is 0.417 e. The van der Waals surface area contributed by atoms with E-state index >= 15 is 0 Å². The van der Waals surface area contributed by atoms with Gasteiger partial charge in [0.15, 0.2) is 0 Å². The van der Waals surface area contributed by atoms with Crippen LogP contribution >= 0.6 is 11.6 Å². The number of hydrogen-bond donors (Lipinski definition) is 0. The van der Waals surface area contributed by atoms with Crippen molar-refractivity contribution in [2.75, 3.05) is 20.3 Å². The van der Waals surface area contributed by atoms with E-state index in [4.69, 9.17) is 25.8 Å². The van der Waals surface area contributed by atoms with Crippen LogP contribution in [0.15, 0.2) is 30.5 Å². The molecule has 8 heteroatoms. The first-order chi connectivity index (χ1) is 11.8. The van der Waals surface area contributed by atoms with E-state index in [0.717, 1.165) is 11.6 Å². The molecule has 2 rings (SSSR count). The van der Waals surface area contributed by atoms with Gasteiger partial charge in [-0.05, 0) is 24.1 Å². The lowest BCUT2D eigenvalue weighted by atomic mass is 10.1. The van der Waals surface area contributed by atoms with Crippen LogP contribution in [0.3, 0.4) is 0 Å². The van der Waals surface area contributed by atoms with Crippen LogP contribution in [0.2, 0.25) is 5.02 Å². The summed E-state index contributed by atoms with van der Waals surface area (Å²) in [5, 5.41) is -0.220. The number of aromatic nitrogens is 1. The van der Waals surface area contributed by atoms with Crippen LogP contribution in [0.25, 0.3) is 0 Å². The number of nitrogens with zero attached hydrogens (tertiary/aromatic N) is 1. The summed E-state index contributed by atoms with van der Waals surface area (Å²) in [5.41, 5.74) is -0.0888. The lowest BCUT2D eigenvalue weighted by Crippen LogP contribution is -2.06. The van der Waals surface area contributed by atoms with E-state index in [2.05, 4.69) is 4.98 Å². The van der Waals surface area contributed by atoms with Crippen LogP contribution in [0.4, 0.5) is 13.2 Å². The Hall–Kier alpha value is -1.99. The van der Waals surface area contributed by atoms with E-state index in [-0.39, 0.29) is 10.9 Å². The second-order valence-corrected chi connectivity index (χ2v) is 5.48. The number of alkyl halides is 3. The molecule has 2 aromatic rings. The van der Waals surface area contributed by atoms with Gasteiger partial charge < -0.3 is 14.2 Å². The first-order valence-corrected chi connectivity index (χ1v) is 7.88. The normalized spacial score (nSPS) is 11.4. The first-order valence-electron chi connectivity index (χ1n) is 7.50. The third-order valence-electron chi connectivity index (χ3n) is 3.32. The van der Waals surface area contributed by atoms with Crippen LogP contribution in [0.5, 0.6) is 17.4 Å². The van der Waals surface area contributed by atoms with Gasteiger partial charge >= 0.3 is 6.18 Å². The molecule has 25 heavy (non-hydrogen) atoms. The van der Waals surface area contributed by atoms with Crippen molar-refractivity contribution >= 4 is 11.6 Å². The van der Waals surface area contributed by atoms with Crippen molar-refractivity contribution < 1.29 is 27.4 Å². The maximum absolute atomic E-state index is 12.7. The van der Waals surface area contributed by atoms with Gasteiger partial charge in [0.05, 0.1) is 12.2 Å². The summed E-state index contributed by atoms with van der Waals surface area (Å²) in [5.74, 6) is 0.872. The number of hydrogen-bond acceptors (Lipinski definition) is 4. The summed E-state index contributed by atoms with van der Waals surface area (Å²) in [4.78, 5) is 3.69. The highest BCUT2D eigenvalue weighted by Crippen LogP contribution is 2.36. The monoisotopic (exact) mass is 375 g/mol. The molecule has 0 aliphatic rings. The van der Waals surface area contributed by atoms with Crippen molar-refractivity contribution in [3.05, 3.63) is 46.6 Å². The highest BCUT2D eigenvalue weighted by Gasteiger charge is 2.31. The maximum Gasteiger partial charge on any atom is 0.417 e. The predicted molar refractivity (Wildman–Crippen MR) is 87.5 cm³/mol. The summed E-state index contributed by atoms with van der Waals surface area (Å²) in [6.07, 6.45) is -3.17. The van der Waals surface area contributed by atoms with Crippen LogP contribution in [-0.2, 0) is 17.3 Å². The standard InChI is InChI=1S/C17H17ClF3NO3/c1-3-11-4-5-13(24-7-6-23-2)9-15(11)25-16-14(18)8-12(10-22-16)17(19,20)21/h4-5,8-10H,3,6-7H2,1-2H3. The Balaban J connectivity index is 2.24. The molecule has 0 N–H and O–H groups in total. The van der Waals surface area contributed by atoms with Crippen molar-refractivity contribution in [3.63, 3.8) is 0 Å². The predicted octanol–water partition coefficient (Wildman–Crippen LogP) is 5.13. The number of aryl methyl sites for hydroxylation is 1. The fourth-order valence-electron chi connectivity index (χ4n) is 2.01. The summed E-state index contributed by atoms with van der Waals surface area (Å²) in [6.45, 7) is 2.72. The van der Waals surface area contributed by atoms with Gasteiger partial charge in [-0.1, -0.05) is 24.6 Å². The average Bonchev–Trinajstić information content (AvgIpc) is 2.56. The summed E-state index contributed by atoms with van der Waals surface area (Å²) < 4.78 is 54.1. The van der Waals surface area contributed by atoms with E-state index in [1.54, 1.807) is 19.2 Å². The first kappa shape index (κ1) is 19.3. The third kappa shape index (κ3) is 5.24. The second-order valence-electron chi connectivity index (χ2n) is 5.08. The van der Waals surface area contributed by atoms with Gasteiger partial charge in [0, 0.05) is 19.4 Å². The average molecular weight is 376 g/mol. The Bertz CT molecular complexity index is 723. The van der Waals surface area contributed by atoms with Gasteiger partial charge in [-0.15, -0.1) is 0 Å². The van der Waals surface area contributed by atoms with Gasteiger partial charge in [-0.25, -0.2) is 4.98 Å². The SMILES string of the molecule is CCc1ccc(OCCOC)cc1Oc1ncc(C(F)(F)F)cc1Cl. The molecule has 0 aliphatic carbocycles. The zero-order chi connectivity index (χ0) is 18.4. The molecule has 4 nitrogen and oxygen atoms in total. The molecule has 1 aromatic heterocycles. The van der Waals surface area contributed by atoms with Crippen molar-refractivity contribution in [1.29, 1.82) is 0 Å². The molecule has 0 saturated carbocycles. The molecule has 136 valence electrons. The molecule has 0 atom stereocenters.